The van der Waals surface area contributed by atoms with E-state index in [1.54, 1.807) is 18.2 Å². The van der Waals surface area contributed by atoms with Crippen LogP contribution in [0, 0.1) is 0 Å². The van der Waals surface area contributed by atoms with E-state index in [4.69, 9.17) is 10.5 Å². The second kappa shape index (κ2) is 4.77. The van der Waals surface area contributed by atoms with Crippen molar-refractivity contribution in [2.75, 3.05) is 12.3 Å². The van der Waals surface area contributed by atoms with Crippen LogP contribution in [0.3, 0.4) is 0 Å². The molecule has 0 saturated carbocycles. The van der Waals surface area contributed by atoms with Gasteiger partial charge in [0.1, 0.15) is 17.2 Å². The molecule has 0 aliphatic heterocycles. The number of ether oxygens (including phenoxy) is 1. The first-order valence-electron chi connectivity index (χ1n) is 6.39. The van der Waals surface area contributed by atoms with Gasteiger partial charge in [-0.3, -0.25) is 4.40 Å². The van der Waals surface area contributed by atoms with Gasteiger partial charge in [-0.15, -0.1) is 0 Å². The number of hydrogen-bond donors (Lipinski definition) is 2. The predicted molar refractivity (Wildman–Crippen MR) is 77.9 cm³/mol. The summed E-state index contributed by atoms with van der Waals surface area (Å²) in [7, 11) is 0. The summed E-state index contributed by atoms with van der Waals surface area (Å²) < 4.78 is 7.21. The zero-order valence-corrected chi connectivity index (χ0v) is 11.1. The van der Waals surface area contributed by atoms with Crippen LogP contribution in [0.1, 0.15) is 6.92 Å². The van der Waals surface area contributed by atoms with Gasteiger partial charge in [-0.25, -0.2) is 4.98 Å². The third kappa shape index (κ3) is 1.93. The molecule has 0 bridgehead atoms. The minimum atomic E-state index is 0.109. The van der Waals surface area contributed by atoms with Crippen molar-refractivity contribution in [1.29, 1.82) is 0 Å². The first-order chi connectivity index (χ1) is 9.70. The maximum atomic E-state index is 9.74. The fraction of sp³-hybridized carbons (Fsp3) is 0.133. The summed E-state index contributed by atoms with van der Waals surface area (Å²) in [6.45, 7) is 2.35. The highest BCUT2D eigenvalue weighted by molar-refractivity contribution is 5.76. The van der Waals surface area contributed by atoms with Gasteiger partial charge < -0.3 is 15.6 Å². The molecule has 0 aliphatic carbocycles. The molecule has 0 amide bonds. The van der Waals surface area contributed by atoms with Crippen molar-refractivity contribution in [2.45, 2.75) is 6.92 Å². The molecule has 3 aromatic rings. The second-order valence-electron chi connectivity index (χ2n) is 4.39. The van der Waals surface area contributed by atoms with Crippen LogP contribution in [-0.4, -0.2) is 21.1 Å². The molecular formula is C15H15N3O2. The van der Waals surface area contributed by atoms with Gasteiger partial charge in [-0.05, 0) is 37.3 Å². The highest BCUT2D eigenvalue weighted by Crippen LogP contribution is 2.33. The molecular weight excluding hydrogens is 254 g/mol. The van der Waals surface area contributed by atoms with Gasteiger partial charge in [-0.2, -0.15) is 0 Å². The highest BCUT2D eigenvalue weighted by Gasteiger charge is 2.13. The Morgan fingerprint density at radius 1 is 1.30 bits per heavy atom. The number of nitrogens with zero attached hydrogens (tertiary/aromatic N) is 2. The number of phenols is 1. The number of aromatic nitrogens is 2. The molecule has 5 heteroatoms. The maximum Gasteiger partial charge on any atom is 0.161 e. The molecule has 2 heterocycles. The van der Waals surface area contributed by atoms with Crippen LogP contribution < -0.4 is 10.5 Å². The van der Waals surface area contributed by atoms with E-state index in [0.29, 0.717) is 23.9 Å². The second-order valence-corrected chi connectivity index (χ2v) is 4.39. The molecule has 3 N–H and O–H groups in total. The molecule has 3 rings (SSSR count). The van der Waals surface area contributed by atoms with Crippen molar-refractivity contribution < 1.29 is 9.84 Å². The molecule has 0 radical (unpaired) electrons. The Bertz CT molecular complexity index is 765. The molecule has 20 heavy (non-hydrogen) atoms. The largest absolute Gasteiger partial charge is 0.504 e. The predicted octanol–water partition coefficient (Wildman–Crippen LogP) is 2.69. The minimum Gasteiger partial charge on any atom is -0.504 e. The lowest BCUT2D eigenvalue weighted by molar-refractivity contribution is 0.318. The smallest absolute Gasteiger partial charge is 0.161 e. The topological polar surface area (TPSA) is 72.8 Å². The number of benzene rings is 1. The molecule has 0 aliphatic rings. The number of rotatable bonds is 3. The standard InChI is InChI=1S/C15H15N3O2/c1-2-20-12-9-10(6-7-11(12)19)14-15(16)18-8-4-3-5-13(18)17-14/h3-9,19H,2,16H2,1H3. The van der Waals surface area contributed by atoms with Crippen molar-refractivity contribution in [2.24, 2.45) is 0 Å². The monoisotopic (exact) mass is 269 g/mol. The molecule has 0 fully saturated rings. The summed E-state index contributed by atoms with van der Waals surface area (Å²) in [4.78, 5) is 4.51. The normalized spacial score (nSPS) is 10.8. The minimum absolute atomic E-state index is 0.109. The van der Waals surface area contributed by atoms with Gasteiger partial charge in [0.25, 0.3) is 0 Å². The molecule has 0 atom stereocenters. The summed E-state index contributed by atoms with van der Waals surface area (Å²) >= 11 is 0. The van der Waals surface area contributed by atoms with E-state index in [1.165, 1.54) is 0 Å². The van der Waals surface area contributed by atoms with Crippen LogP contribution in [0.4, 0.5) is 5.82 Å². The first kappa shape index (κ1) is 12.3. The van der Waals surface area contributed by atoms with Gasteiger partial charge in [-0.1, -0.05) is 6.07 Å². The lowest BCUT2D eigenvalue weighted by Gasteiger charge is -2.07. The molecule has 5 nitrogen and oxygen atoms in total. The Morgan fingerprint density at radius 3 is 2.90 bits per heavy atom. The summed E-state index contributed by atoms with van der Waals surface area (Å²) in [5.41, 5.74) is 8.40. The van der Waals surface area contributed by atoms with E-state index < -0.39 is 0 Å². The number of aromatic hydroxyl groups is 1. The summed E-state index contributed by atoms with van der Waals surface area (Å²) in [6.07, 6.45) is 1.87. The number of nitrogen functional groups attached to an aromatic ring is 1. The summed E-state index contributed by atoms with van der Waals surface area (Å²) in [6, 6.07) is 10.8. The van der Waals surface area contributed by atoms with E-state index in [1.807, 2.05) is 35.7 Å². The van der Waals surface area contributed by atoms with E-state index in [-0.39, 0.29) is 5.75 Å². The van der Waals surface area contributed by atoms with Crippen LogP contribution in [0.5, 0.6) is 11.5 Å². The van der Waals surface area contributed by atoms with E-state index in [9.17, 15) is 5.11 Å². The average Bonchev–Trinajstić information content (AvgIpc) is 2.79. The van der Waals surface area contributed by atoms with Crippen molar-refractivity contribution >= 4 is 11.5 Å². The molecule has 2 aromatic heterocycles. The molecule has 0 unspecified atom stereocenters. The van der Waals surface area contributed by atoms with Crippen molar-refractivity contribution in [3.05, 3.63) is 42.6 Å². The number of phenolic OH excluding ortho intramolecular Hbond substituents is 1. The average molecular weight is 269 g/mol. The summed E-state index contributed by atoms with van der Waals surface area (Å²) in [5.74, 6) is 1.10. The van der Waals surface area contributed by atoms with Crippen LogP contribution >= 0.6 is 0 Å². The zero-order valence-electron chi connectivity index (χ0n) is 11.1. The molecule has 0 spiro atoms. The van der Waals surface area contributed by atoms with E-state index >= 15 is 0 Å². The third-order valence-corrected chi connectivity index (χ3v) is 3.10. The number of hydrogen-bond acceptors (Lipinski definition) is 4. The van der Waals surface area contributed by atoms with Crippen molar-refractivity contribution in [3.63, 3.8) is 0 Å². The van der Waals surface area contributed by atoms with Crippen molar-refractivity contribution in [1.82, 2.24) is 9.38 Å². The van der Waals surface area contributed by atoms with Gasteiger partial charge in [0.05, 0.1) is 6.61 Å². The quantitative estimate of drug-likeness (QED) is 0.766. The number of pyridine rings is 1. The number of imidazole rings is 1. The van der Waals surface area contributed by atoms with Crippen molar-refractivity contribution in [3.8, 4) is 22.8 Å². The Morgan fingerprint density at radius 2 is 2.15 bits per heavy atom. The van der Waals surface area contributed by atoms with Crippen LogP contribution in [-0.2, 0) is 0 Å². The fourth-order valence-electron chi connectivity index (χ4n) is 2.16. The van der Waals surface area contributed by atoms with Gasteiger partial charge in [0.15, 0.2) is 11.5 Å². The SMILES string of the molecule is CCOc1cc(-c2nc3ccccn3c2N)ccc1O. The molecule has 0 saturated heterocycles. The van der Waals surface area contributed by atoms with Crippen LogP contribution in [0.2, 0.25) is 0 Å². The van der Waals surface area contributed by atoms with Crippen LogP contribution in [0.25, 0.3) is 16.9 Å². The Kier molecular flexibility index (Phi) is 2.95. The summed E-state index contributed by atoms with van der Waals surface area (Å²) in [5, 5.41) is 9.74. The Balaban J connectivity index is 2.15. The zero-order chi connectivity index (χ0) is 14.1. The first-order valence-corrected chi connectivity index (χ1v) is 6.39. The van der Waals surface area contributed by atoms with Gasteiger partial charge >= 0.3 is 0 Å². The lowest BCUT2D eigenvalue weighted by Crippen LogP contribution is -1.95. The Labute approximate surface area is 116 Å². The molecule has 1 aromatic carbocycles. The van der Waals surface area contributed by atoms with E-state index in [0.717, 1.165) is 11.2 Å². The van der Waals surface area contributed by atoms with Gasteiger partial charge in [0, 0.05) is 11.8 Å². The lowest BCUT2D eigenvalue weighted by atomic mass is 10.1. The number of nitrogens with two attached hydrogens (primary N) is 1. The van der Waals surface area contributed by atoms with Crippen LogP contribution in [0.15, 0.2) is 42.6 Å². The third-order valence-electron chi connectivity index (χ3n) is 3.10. The van der Waals surface area contributed by atoms with Gasteiger partial charge in [0.2, 0.25) is 0 Å². The highest BCUT2D eigenvalue weighted by atomic mass is 16.5. The number of fused-ring (bicyclic) bond motifs is 1. The Hall–Kier alpha value is -2.69. The maximum absolute atomic E-state index is 9.74. The molecule has 102 valence electrons. The fourth-order valence-corrected chi connectivity index (χ4v) is 2.16. The number of anilines is 1. The van der Waals surface area contributed by atoms with E-state index in [2.05, 4.69) is 4.98 Å².